The van der Waals surface area contributed by atoms with E-state index in [1.165, 1.54) is 43.5 Å². The summed E-state index contributed by atoms with van der Waals surface area (Å²) in [5.74, 6) is 5.32. The zero-order valence-corrected chi connectivity index (χ0v) is 20.9. The highest BCUT2D eigenvalue weighted by atomic mass is 32.2. The van der Waals surface area contributed by atoms with E-state index >= 15 is 0 Å². The van der Waals surface area contributed by atoms with Crippen molar-refractivity contribution >= 4 is 15.8 Å². The lowest BCUT2D eigenvalue weighted by Crippen LogP contribution is -2.33. The van der Waals surface area contributed by atoms with Crippen molar-refractivity contribution in [1.82, 2.24) is 4.90 Å². The highest BCUT2D eigenvalue weighted by Gasteiger charge is 2.33. The molecule has 1 heterocycles. The third-order valence-electron chi connectivity index (χ3n) is 6.03. The van der Waals surface area contributed by atoms with Crippen molar-refractivity contribution in [2.24, 2.45) is 0 Å². The Hall–Kier alpha value is -3.02. The fourth-order valence-electron chi connectivity index (χ4n) is 4.02. The first-order chi connectivity index (χ1) is 16.9. The van der Waals surface area contributed by atoms with E-state index in [0.717, 1.165) is 30.9 Å². The summed E-state index contributed by atoms with van der Waals surface area (Å²) >= 11 is 0. The first kappa shape index (κ1) is 26.6. The van der Waals surface area contributed by atoms with Gasteiger partial charge in [-0.25, -0.2) is 8.42 Å². The van der Waals surface area contributed by atoms with Gasteiger partial charge in [0, 0.05) is 6.54 Å². The molecule has 0 aromatic heterocycles. The van der Waals surface area contributed by atoms with E-state index in [1.54, 1.807) is 6.92 Å². The number of piperidine rings is 1. The van der Waals surface area contributed by atoms with E-state index in [1.807, 2.05) is 24.3 Å². The molecule has 3 rings (SSSR count). The Morgan fingerprint density at radius 2 is 1.63 bits per heavy atom. The molecule has 0 aliphatic carbocycles. The normalized spacial score (nSPS) is 15.0. The van der Waals surface area contributed by atoms with Gasteiger partial charge in [-0.15, -0.1) is 5.92 Å². The lowest BCUT2D eigenvalue weighted by atomic mass is 10.1. The molecule has 0 radical (unpaired) electrons. The SMILES string of the molecule is CC#CCOc1ccc(S(=O)(=O)C(CCc2ccc(OCCN3CCCCC3)cc2)C(=O)O)cc1. The maximum absolute atomic E-state index is 13.0. The summed E-state index contributed by atoms with van der Waals surface area (Å²) < 4.78 is 37.2. The Morgan fingerprint density at radius 3 is 2.26 bits per heavy atom. The molecule has 188 valence electrons. The van der Waals surface area contributed by atoms with Crippen LogP contribution in [-0.2, 0) is 21.1 Å². The van der Waals surface area contributed by atoms with Crippen LogP contribution in [0.5, 0.6) is 11.5 Å². The quantitative estimate of drug-likeness (QED) is 0.444. The number of rotatable bonds is 12. The van der Waals surface area contributed by atoms with Gasteiger partial charge in [0.2, 0.25) is 0 Å². The maximum atomic E-state index is 13.0. The Morgan fingerprint density at radius 1 is 1.00 bits per heavy atom. The van der Waals surface area contributed by atoms with Crippen LogP contribution in [0.25, 0.3) is 0 Å². The summed E-state index contributed by atoms with van der Waals surface area (Å²) in [6, 6.07) is 13.2. The average molecular weight is 500 g/mol. The number of sulfone groups is 1. The molecular weight excluding hydrogens is 466 g/mol. The van der Waals surface area contributed by atoms with Crippen molar-refractivity contribution in [3.05, 3.63) is 54.1 Å². The molecule has 1 N–H and O–H groups in total. The molecule has 0 spiro atoms. The lowest BCUT2D eigenvalue weighted by Gasteiger charge is -2.26. The van der Waals surface area contributed by atoms with Crippen LogP contribution >= 0.6 is 0 Å². The fraction of sp³-hybridized carbons (Fsp3) is 0.444. The minimum absolute atomic E-state index is 0.0306. The third-order valence-corrected chi connectivity index (χ3v) is 8.15. The Kier molecular flexibility index (Phi) is 10.0. The van der Waals surface area contributed by atoms with Crippen molar-refractivity contribution in [2.75, 3.05) is 32.8 Å². The molecule has 1 saturated heterocycles. The van der Waals surface area contributed by atoms with Gasteiger partial charge in [0.25, 0.3) is 0 Å². The number of carbonyl (C=O) groups is 1. The molecule has 7 nitrogen and oxygen atoms in total. The van der Waals surface area contributed by atoms with E-state index in [9.17, 15) is 18.3 Å². The first-order valence-electron chi connectivity index (χ1n) is 11.9. The molecule has 1 aliphatic rings. The molecule has 1 atom stereocenters. The van der Waals surface area contributed by atoms with Gasteiger partial charge in [0.05, 0.1) is 4.90 Å². The van der Waals surface area contributed by atoms with Gasteiger partial charge in [0.1, 0.15) is 24.7 Å². The number of benzene rings is 2. The Labute approximate surface area is 208 Å². The van der Waals surface area contributed by atoms with Crippen LogP contribution < -0.4 is 9.47 Å². The van der Waals surface area contributed by atoms with Gasteiger partial charge in [-0.1, -0.05) is 24.5 Å². The number of aliphatic carboxylic acids is 1. The Bertz CT molecular complexity index is 1110. The molecule has 0 saturated carbocycles. The van der Waals surface area contributed by atoms with Crippen LogP contribution in [0.3, 0.4) is 0 Å². The van der Waals surface area contributed by atoms with Gasteiger partial charge >= 0.3 is 5.97 Å². The summed E-state index contributed by atoms with van der Waals surface area (Å²) in [5.41, 5.74) is 0.857. The van der Waals surface area contributed by atoms with Gasteiger partial charge in [-0.05, 0) is 87.7 Å². The monoisotopic (exact) mass is 499 g/mol. The van der Waals surface area contributed by atoms with Gasteiger partial charge in [0.15, 0.2) is 15.1 Å². The second-order valence-corrected chi connectivity index (χ2v) is 10.6. The predicted octanol–water partition coefficient (Wildman–Crippen LogP) is 3.81. The second-order valence-electron chi connectivity index (χ2n) is 8.49. The van der Waals surface area contributed by atoms with E-state index in [4.69, 9.17) is 9.47 Å². The number of ether oxygens (including phenoxy) is 2. The minimum Gasteiger partial charge on any atom is -0.492 e. The molecule has 0 amide bonds. The van der Waals surface area contributed by atoms with Crippen LogP contribution in [0.4, 0.5) is 0 Å². The van der Waals surface area contributed by atoms with Crippen molar-refractivity contribution < 1.29 is 27.8 Å². The van der Waals surface area contributed by atoms with Crippen LogP contribution in [0.15, 0.2) is 53.4 Å². The molecule has 8 heteroatoms. The molecule has 2 aromatic carbocycles. The highest BCUT2D eigenvalue weighted by molar-refractivity contribution is 7.92. The first-order valence-corrected chi connectivity index (χ1v) is 13.5. The lowest BCUT2D eigenvalue weighted by molar-refractivity contribution is -0.136. The van der Waals surface area contributed by atoms with E-state index in [-0.39, 0.29) is 17.9 Å². The van der Waals surface area contributed by atoms with Crippen molar-refractivity contribution in [1.29, 1.82) is 0 Å². The standard InChI is InChI=1S/C27H33NO6S/c1-2-3-20-33-24-12-14-25(15-13-24)35(31,32)26(27(29)30)16-9-22-7-10-23(11-8-22)34-21-19-28-17-5-4-6-18-28/h7-8,10-15,26H,4-6,9,16-21H2,1H3,(H,29,30). The molecular formula is C27H33NO6S. The average Bonchev–Trinajstić information content (AvgIpc) is 2.86. The van der Waals surface area contributed by atoms with Crippen LogP contribution in [0.1, 0.15) is 38.2 Å². The van der Waals surface area contributed by atoms with Crippen LogP contribution in [0.2, 0.25) is 0 Å². The minimum atomic E-state index is -4.06. The van der Waals surface area contributed by atoms with Gasteiger partial charge < -0.3 is 14.6 Å². The van der Waals surface area contributed by atoms with E-state index < -0.39 is 21.1 Å². The topological polar surface area (TPSA) is 93.1 Å². The van der Waals surface area contributed by atoms with Crippen LogP contribution in [0, 0.1) is 11.8 Å². The van der Waals surface area contributed by atoms with Crippen molar-refractivity contribution in [3.63, 3.8) is 0 Å². The van der Waals surface area contributed by atoms with Gasteiger partial charge in [-0.2, -0.15) is 0 Å². The third kappa shape index (κ3) is 8.01. The van der Waals surface area contributed by atoms with Crippen LogP contribution in [-0.4, -0.2) is 62.5 Å². The molecule has 1 unspecified atom stereocenters. The van der Waals surface area contributed by atoms with Crippen molar-refractivity contribution in [2.45, 2.75) is 49.2 Å². The summed E-state index contributed by atoms with van der Waals surface area (Å²) in [7, 11) is -4.06. The number of hydrogen-bond acceptors (Lipinski definition) is 6. The predicted molar refractivity (Wildman–Crippen MR) is 135 cm³/mol. The number of aryl methyl sites for hydroxylation is 1. The molecule has 1 aliphatic heterocycles. The molecule has 35 heavy (non-hydrogen) atoms. The zero-order valence-electron chi connectivity index (χ0n) is 20.1. The molecule has 0 bridgehead atoms. The van der Waals surface area contributed by atoms with E-state index in [0.29, 0.717) is 18.8 Å². The largest absolute Gasteiger partial charge is 0.492 e. The molecule has 2 aromatic rings. The van der Waals surface area contributed by atoms with Crippen molar-refractivity contribution in [3.8, 4) is 23.3 Å². The number of hydrogen-bond donors (Lipinski definition) is 1. The maximum Gasteiger partial charge on any atom is 0.322 e. The number of carboxylic acid groups (broad SMARTS) is 1. The molecule has 1 fully saturated rings. The second kappa shape index (κ2) is 13.2. The summed E-state index contributed by atoms with van der Waals surface area (Å²) in [6.07, 6.45) is 4.09. The number of carboxylic acids is 1. The number of likely N-dealkylation sites (tertiary alicyclic amines) is 1. The Balaban J connectivity index is 1.54. The summed E-state index contributed by atoms with van der Waals surface area (Å²) in [5, 5.41) is 8.11. The highest BCUT2D eigenvalue weighted by Crippen LogP contribution is 2.24. The number of nitrogens with zero attached hydrogens (tertiary/aromatic N) is 1. The van der Waals surface area contributed by atoms with E-state index in [2.05, 4.69) is 16.7 Å². The fourth-order valence-corrected chi connectivity index (χ4v) is 5.56. The summed E-state index contributed by atoms with van der Waals surface area (Å²) in [6.45, 7) is 5.67. The zero-order chi connectivity index (χ0) is 25.1. The summed E-state index contributed by atoms with van der Waals surface area (Å²) in [4.78, 5) is 14.2. The van der Waals surface area contributed by atoms with Gasteiger partial charge in [-0.3, -0.25) is 9.69 Å². The smallest absolute Gasteiger partial charge is 0.322 e.